The molecule has 0 aliphatic heterocycles. The van der Waals surface area contributed by atoms with Gasteiger partial charge in [0.2, 0.25) is 0 Å². The summed E-state index contributed by atoms with van der Waals surface area (Å²) in [5, 5.41) is 13.6. The van der Waals surface area contributed by atoms with E-state index >= 15 is 0 Å². The molecule has 2 aromatic heterocycles. The molecule has 0 aliphatic rings. The fraction of sp³-hybridized carbons (Fsp3) is 0.273. The molecule has 3 N–H and O–H groups in total. The number of carbonyl (C=O) groups is 2. The van der Waals surface area contributed by atoms with E-state index in [4.69, 9.17) is 5.11 Å². The zero-order valence-corrected chi connectivity index (χ0v) is 10.1. The van der Waals surface area contributed by atoms with Crippen LogP contribution in [-0.4, -0.2) is 38.1 Å². The predicted octanol–water partition coefficient (Wildman–Crippen LogP) is -0.464. The Labute approximate surface area is 107 Å². The van der Waals surface area contributed by atoms with Crippen molar-refractivity contribution in [1.82, 2.24) is 19.9 Å². The Bertz CT molecular complexity index is 700. The van der Waals surface area contributed by atoms with Crippen molar-refractivity contribution in [2.45, 2.75) is 13.3 Å². The van der Waals surface area contributed by atoms with Crippen LogP contribution >= 0.6 is 0 Å². The van der Waals surface area contributed by atoms with E-state index in [1.807, 2.05) is 0 Å². The van der Waals surface area contributed by atoms with Crippen molar-refractivity contribution in [3.8, 4) is 0 Å². The summed E-state index contributed by atoms with van der Waals surface area (Å²) in [6.07, 6.45) is 1.19. The van der Waals surface area contributed by atoms with Gasteiger partial charge in [0, 0.05) is 24.5 Å². The fourth-order valence-corrected chi connectivity index (χ4v) is 1.64. The van der Waals surface area contributed by atoms with Crippen molar-refractivity contribution in [3.63, 3.8) is 0 Å². The van der Waals surface area contributed by atoms with Crippen molar-refractivity contribution in [1.29, 1.82) is 0 Å². The first kappa shape index (κ1) is 12.8. The van der Waals surface area contributed by atoms with Crippen molar-refractivity contribution in [2.75, 3.05) is 6.54 Å². The van der Waals surface area contributed by atoms with Crippen LogP contribution in [0, 0.1) is 6.92 Å². The van der Waals surface area contributed by atoms with Crippen LogP contribution in [0.5, 0.6) is 0 Å². The summed E-state index contributed by atoms with van der Waals surface area (Å²) in [4.78, 5) is 37.9. The maximum absolute atomic E-state index is 11.8. The number of rotatable bonds is 4. The Hall–Kier alpha value is -2.64. The summed E-state index contributed by atoms with van der Waals surface area (Å²) in [5.74, 6) is -1.47. The van der Waals surface area contributed by atoms with Crippen molar-refractivity contribution >= 4 is 17.5 Å². The molecular weight excluding hydrogens is 252 g/mol. The number of carboxylic acids is 1. The minimum atomic E-state index is -0.996. The lowest BCUT2D eigenvalue weighted by Gasteiger charge is -2.01. The highest BCUT2D eigenvalue weighted by molar-refractivity contribution is 5.99. The van der Waals surface area contributed by atoms with Crippen LogP contribution in [0.2, 0.25) is 0 Å². The van der Waals surface area contributed by atoms with Gasteiger partial charge in [0.1, 0.15) is 5.56 Å². The second kappa shape index (κ2) is 4.92. The van der Waals surface area contributed by atoms with E-state index in [0.29, 0.717) is 5.69 Å². The number of amides is 1. The number of nitrogens with one attached hydrogen (secondary N) is 2. The van der Waals surface area contributed by atoms with Gasteiger partial charge in [0.25, 0.3) is 11.5 Å². The largest absolute Gasteiger partial charge is 0.481 e. The molecule has 0 spiro atoms. The summed E-state index contributed by atoms with van der Waals surface area (Å²) in [7, 11) is 0. The molecule has 0 aliphatic carbocycles. The maximum Gasteiger partial charge on any atom is 0.305 e. The molecule has 0 radical (unpaired) electrons. The molecule has 100 valence electrons. The number of aliphatic carboxylic acids is 1. The zero-order valence-electron chi connectivity index (χ0n) is 10.1. The zero-order chi connectivity index (χ0) is 14.0. The van der Waals surface area contributed by atoms with Crippen molar-refractivity contribution in [3.05, 3.63) is 33.9 Å². The highest BCUT2D eigenvalue weighted by atomic mass is 16.4. The minimum absolute atomic E-state index is 0.0154. The number of nitrogens with zero attached hydrogens (tertiary/aromatic N) is 2. The molecule has 19 heavy (non-hydrogen) atoms. The molecule has 2 aromatic rings. The lowest BCUT2D eigenvalue weighted by molar-refractivity contribution is -0.136. The molecule has 2 rings (SSSR count). The molecule has 0 atom stereocenters. The van der Waals surface area contributed by atoms with E-state index in [9.17, 15) is 14.4 Å². The van der Waals surface area contributed by atoms with Crippen molar-refractivity contribution in [2.24, 2.45) is 0 Å². The number of aromatic nitrogens is 3. The topological polar surface area (TPSA) is 117 Å². The highest BCUT2D eigenvalue weighted by Gasteiger charge is 2.14. The predicted molar refractivity (Wildman–Crippen MR) is 65.1 cm³/mol. The standard InChI is InChI=1S/C11H12N4O4/c1-6-4-8(16)15-10(14-6)7(5-13-15)11(19)12-3-2-9(17)18/h4-5,13H,2-3H2,1H3,(H,12,19)(H,17,18). The molecule has 8 heteroatoms. The number of carbonyl (C=O) groups excluding carboxylic acids is 1. The summed E-state index contributed by atoms with van der Waals surface area (Å²) in [5.41, 5.74) is 0.611. The number of hydrogen-bond donors (Lipinski definition) is 3. The second-order valence-electron chi connectivity index (χ2n) is 3.98. The van der Waals surface area contributed by atoms with E-state index in [1.54, 1.807) is 6.92 Å². The van der Waals surface area contributed by atoms with Crippen LogP contribution in [0.15, 0.2) is 17.1 Å². The minimum Gasteiger partial charge on any atom is -0.481 e. The van der Waals surface area contributed by atoms with Crippen LogP contribution in [0.25, 0.3) is 5.65 Å². The van der Waals surface area contributed by atoms with Gasteiger partial charge in [-0.25, -0.2) is 9.50 Å². The molecule has 8 nitrogen and oxygen atoms in total. The molecule has 0 bridgehead atoms. The third-order valence-corrected chi connectivity index (χ3v) is 2.49. The Morgan fingerprint density at radius 1 is 1.53 bits per heavy atom. The first-order valence-corrected chi connectivity index (χ1v) is 5.57. The lowest BCUT2D eigenvalue weighted by Crippen LogP contribution is -2.26. The SMILES string of the molecule is Cc1cc(=O)n2[nH]cc(C(=O)NCCC(=O)O)c2n1. The van der Waals surface area contributed by atoms with E-state index in [1.165, 1.54) is 12.3 Å². The average Bonchev–Trinajstić information content (AvgIpc) is 2.72. The maximum atomic E-state index is 11.8. The van der Waals surface area contributed by atoms with E-state index in [2.05, 4.69) is 15.4 Å². The van der Waals surface area contributed by atoms with Gasteiger partial charge in [-0.2, -0.15) is 0 Å². The van der Waals surface area contributed by atoms with Gasteiger partial charge < -0.3 is 10.4 Å². The summed E-state index contributed by atoms with van der Waals surface area (Å²) in [6.45, 7) is 1.67. The van der Waals surface area contributed by atoms with Crippen LogP contribution < -0.4 is 10.9 Å². The molecule has 1 amide bonds. The summed E-state index contributed by atoms with van der Waals surface area (Å²) in [6, 6.07) is 1.34. The number of aromatic amines is 1. The Morgan fingerprint density at radius 3 is 2.95 bits per heavy atom. The van der Waals surface area contributed by atoms with Crippen LogP contribution in [-0.2, 0) is 4.79 Å². The van der Waals surface area contributed by atoms with Gasteiger partial charge in [0.05, 0.1) is 6.42 Å². The average molecular weight is 264 g/mol. The third kappa shape index (κ3) is 2.62. The second-order valence-corrected chi connectivity index (χ2v) is 3.98. The Kier molecular flexibility index (Phi) is 3.32. The lowest BCUT2D eigenvalue weighted by atomic mass is 10.3. The fourth-order valence-electron chi connectivity index (χ4n) is 1.64. The van der Waals surface area contributed by atoms with Crippen LogP contribution in [0.1, 0.15) is 22.5 Å². The van der Waals surface area contributed by atoms with E-state index < -0.39 is 11.9 Å². The Balaban J connectivity index is 2.28. The highest BCUT2D eigenvalue weighted by Crippen LogP contribution is 2.06. The van der Waals surface area contributed by atoms with E-state index in [-0.39, 0.29) is 29.7 Å². The molecule has 0 aromatic carbocycles. The number of aryl methyl sites for hydroxylation is 1. The number of carboxylic acid groups (broad SMARTS) is 1. The smallest absolute Gasteiger partial charge is 0.305 e. The van der Waals surface area contributed by atoms with Crippen LogP contribution in [0.3, 0.4) is 0 Å². The summed E-state index contributed by atoms with van der Waals surface area (Å²) >= 11 is 0. The third-order valence-electron chi connectivity index (χ3n) is 2.49. The van der Waals surface area contributed by atoms with Gasteiger partial charge >= 0.3 is 5.97 Å². The molecule has 0 saturated carbocycles. The molecule has 0 fully saturated rings. The van der Waals surface area contributed by atoms with Gasteiger partial charge in [-0.3, -0.25) is 19.5 Å². The van der Waals surface area contributed by atoms with Gasteiger partial charge in [-0.05, 0) is 6.92 Å². The normalized spacial score (nSPS) is 10.6. The monoisotopic (exact) mass is 264 g/mol. The van der Waals surface area contributed by atoms with Gasteiger partial charge in [-0.15, -0.1) is 0 Å². The molecule has 0 saturated heterocycles. The van der Waals surface area contributed by atoms with E-state index in [0.717, 1.165) is 4.52 Å². The number of fused-ring (bicyclic) bond motifs is 1. The van der Waals surface area contributed by atoms with Gasteiger partial charge in [-0.1, -0.05) is 0 Å². The first-order chi connectivity index (χ1) is 8.99. The summed E-state index contributed by atoms with van der Waals surface area (Å²) < 4.78 is 1.15. The molecule has 0 unspecified atom stereocenters. The van der Waals surface area contributed by atoms with Crippen LogP contribution in [0.4, 0.5) is 0 Å². The van der Waals surface area contributed by atoms with Crippen molar-refractivity contribution < 1.29 is 14.7 Å². The van der Waals surface area contributed by atoms with Gasteiger partial charge in [0.15, 0.2) is 5.65 Å². The molecule has 2 heterocycles. The first-order valence-electron chi connectivity index (χ1n) is 5.57. The molecular formula is C11H12N4O4. The number of H-pyrrole nitrogens is 1. The number of hydrogen-bond acceptors (Lipinski definition) is 4. The quantitative estimate of drug-likeness (QED) is 0.690. The Morgan fingerprint density at radius 2 is 2.26 bits per heavy atom.